The highest BCUT2D eigenvalue weighted by Crippen LogP contribution is 2.34. The fraction of sp³-hybridized carbons (Fsp3) is 0.273. The normalized spacial score (nSPS) is 23.0. The summed E-state index contributed by atoms with van der Waals surface area (Å²) in [6, 6.07) is 3.21. The van der Waals surface area contributed by atoms with Crippen molar-refractivity contribution in [2.45, 2.75) is 13.0 Å². The van der Waals surface area contributed by atoms with Crippen LogP contribution in [0.4, 0.5) is 4.79 Å². The second-order valence-corrected chi connectivity index (χ2v) is 5.27. The van der Waals surface area contributed by atoms with Crippen LogP contribution in [0.2, 0.25) is 0 Å². The Hall–Kier alpha value is -1.82. The zero-order valence-electron chi connectivity index (χ0n) is 9.07. The fourth-order valence-electron chi connectivity index (χ4n) is 2.01. The summed E-state index contributed by atoms with van der Waals surface area (Å²) >= 11 is 1.56. The smallest absolute Gasteiger partial charge is 0.338 e. The van der Waals surface area contributed by atoms with Crippen molar-refractivity contribution >= 4 is 23.3 Å². The minimum Gasteiger partial charge on any atom is -0.456 e. The molecular formula is C11H10N2O3S. The van der Waals surface area contributed by atoms with Crippen molar-refractivity contribution in [3.05, 3.63) is 33.2 Å². The Balaban J connectivity index is 2.06. The third-order valence-corrected chi connectivity index (χ3v) is 3.83. The van der Waals surface area contributed by atoms with Gasteiger partial charge in [-0.25, -0.2) is 9.59 Å². The molecule has 0 spiro atoms. The number of cyclic esters (lactones) is 1. The second-order valence-electron chi connectivity index (χ2n) is 3.95. The molecule has 0 radical (unpaired) electrons. The van der Waals surface area contributed by atoms with Crippen molar-refractivity contribution < 1.29 is 14.3 Å². The average molecular weight is 250 g/mol. The van der Waals surface area contributed by atoms with Crippen LogP contribution in [-0.2, 0) is 9.53 Å². The minimum absolute atomic E-state index is 0.155. The molecule has 2 N–H and O–H groups in total. The van der Waals surface area contributed by atoms with Crippen LogP contribution in [0, 0.1) is 6.92 Å². The molecule has 88 valence electrons. The predicted molar refractivity (Wildman–Crippen MR) is 61.4 cm³/mol. The summed E-state index contributed by atoms with van der Waals surface area (Å²) in [5, 5.41) is 5.35. The van der Waals surface area contributed by atoms with E-state index in [0.29, 0.717) is 11.3 Å². The highest BCUT2D eigenvalue weighted by molar-refractivity contribution is 7.12. The average Bonchev–Trinajstić information content (AvgIpc) is 2.85. The van der Waals surface area contributed by atoms with Gasteiger partial charge in [-0.1, -0.05) is 0 Å². The maximum absolute atomic E-state index is 11.6. The second kappa shape index (κ2) is 3.59. The van der Waals surface area contributed by atoms with Crippen LogP contribution in [0.3, 0.4) is 0 Å². The zero-order chi connectivity index (χ0) is 12.0. The molecule has 2 amide bonds. The Morgan fingerprint density at radius 1 is 1.41 bits per heavy atom. The lowest BCUT2D eigenvalue weighted by atomic mass is 10.0. The van der Waals surface area contributed by atoms with Gasteiger partial charge in [0.1, 0.15) is 6.61 Å². The van der Waals surface area contributed by atoms with Crippen molar-refractivity contribution in [2.75, 3.05) is 6.61 Å². The van der Waals surface area contributed by atoms with Crippen LogP contribution in [0.15, 0.2) is 23.4 Å². The van der Waals surface area contributed by atoms with Crippen molar-refractivity contribution in [3.63, 3.8) is 0 Å². The molecule has 1 unspecified atom stereocenters. The number of nitrogens with one attached hydrogen (secondary N) is 2. The van der Waals surface area contributed by atoms with Gasteiger partial charge >= 0.3 is 12.0 Å². The molecule has 1 aromatic rings. The number of urea groups is 1. The summed E-state index contributed by atoms with van der Waals surface area (Å²) in [5.41, 5.74) is 1.10. The third kappa shape index (κ3) is 1.61. The van der Waals surface area contributed by atoms with Gasteiger partial charge in [0.15, 0.2) is 0 Å². The number of hydrogen-bond donors (Lipinski definition) is 2. The molecule has 0 bridgehead atoms. The van der Waals surface area contributed by atoms with E-state index < -0.39 is 0 Å². The molecule has 0 saturated heterocycles. The van der Waals surface area contributed by atoms with Crippen LogP contribution in [0.25, 0.3) is 0 Å². The van der Waals surface area contributed by atoms with E-state index in [1.165, 1.54) is 0 Å². The largest absolute Gasteiger partial charge is 0.456 e. The van der Waals surface area contributed by atoms with Gasteiger partial charge in [0.2, 0.25) is 0 Å². The van der Waals surface area contributed by atoms with Crippen LogP contribution in [0.5, 0.6) is 0 Å². The molecule has 17 heavy (non-hydrogen) atoms. The Kier molecular flexibility index (Phi) is 2.19. The number of rotatable bonds is 1. The lowest BCUT2D eigenvalue weighted by molar-refractivity contribution is -0.136. The first-order valence-corrected chi connectivity index (χ1v) is 6.01. The van der Waals surface area contributed by atoms with Crippen LogP contribution >= 0.6 is 11.3 Å². The van der Waals surface area contributed by atoms with E-state index >= 15 is 0 Å². The van der Waals surface area contributed by atoms with Crippen molar-refractivity contribution in [3.8, 4) is 0 Å². The monoisotopic (exact) mass is 250 g/mol. The number of hydrogen-bond acceptors (Lipinski definition) is 4. The predicted octanol–water partition coefficient (Wildman–Crippen LogP) is 1.22. The summed E-state index contributed by atoms with van der Waals surface area (Å²) in [7, 11) is 0. The lowest BCUT2D eigenvalue weighted by Gasteiger charge is -2.23. The fourth-order valence-corrected chi connectivity index (χ4v) is 2.95. The standard InChI is InChI=1S/C11H10N2O3S/c1-5-2-3-7(17-5)9-8-6(4-16-10(8)14)12-11(15)13-9/h2-3,9H,4H2,1H3,(H2,12,13,15). The topological polar surface area (TPSA) is 67.4 Å². The van der Waals surface area contributed by atoms with Gasteiger partial charge in [-0.15, -0.1) is 11.3 Å². The first-order valence-electron chi connectivity index (χ1n) is 5.19. The van der Waals surface area contributed by atoms with E-state index in [4.69, 9.17) is 4.74 Å². The highest BCUT2D eigenvalue weighted by Gasteiger charge is 2.38. The van der Waals surface area contributed by atoms with E-state index in [9.17, 15) is 9.59 Å². The van der Waals surface area contributed by atoms with Gasteiger partial charge in [-0.2, -0.15) is 0 Å². The van der Waals surface area contributed by atoms with E-state index in [0.717, 1.165) is 9.75 Å². The van der Waals surface area contributed by atoms with Gasteiger partial charge in [0.05, 0.1) is 17.3 Å². The SMILES string of the molecule is Cc1ccc(C2NC(=O)NC3=C2C(=O)OC3)s1. The molecule has 3 heterocycles. The highest BCUT2D eigenvalue weighted by atomic mass is 32.1. The van der Waals surface area contributed by atoms with Crippen LogP contribution in [0.1, 0.15) is 15.8 Å². The number of amides is 2. The molecule has 1 atom stereocenters. The van der Waals surface area contributed by atoms with Crippen LogP contribution < -0.4 is 10.6 Å². The van der Waals surface area contributed by atoms with Gasteiger partial charge in [0, 0.05) is 9.75 Å². The summed E-state index contributed by atoms with van der Waals surface area (Å²) in [6.07, 6.45) is 0. The summed E-state index contributed by atoms with van der Waals surface area (Å²) < 4.78 is 4.94. The van der Waals surface area contributed by atoms with Crippen molar-refractivity contribution in [2.24, 2.45) is 0 Å². The first kappa shape index (κ1) is 10.3. The van der Waals surface area contributed by atoms with Gasteiger partial charge in [0.25, 0.3) is 0 Å². The minimum atomic E-state index is -0.382. The number of aryl methyl sites for hydroxylation is 1. The Labute approximate surface area is 101 Å². The summed E-state index contributed by atoms with van der Waals surface area (Å²) in [4.78, 5) is 25.2. The third-order valence-electron chi connectivity index (χ3n) is 2.77. The maximum Gasteiger partial charge on any atom is 0.338 e. The molecule has 0 aliphatic carbocycles. The van der Waals surface area contributed by atoms with E-state index in [2.05, 4.69) is 10.6 Å². The quantitative estimate of drug-likeness (QED) is 0.736. The molecule has 0 fully saturated rings. The molecule has 2 aliphatic heterocycles. The number of carbonyl (C=O) groups is 2. The molecule has 5 nitrogen and oxygen atoms in total. The van der Waals surface area contributed by atoms with E-state index in [1.54, 1.807) is 11.3 Å². The van der Waals surface area contributed by atoms with Crippen LogP contribution in [-0.4, -0.2) is 18.6 Å². The first-order chi connectivity index (χ1) is 8.15. The zero-order valence-corrected chi connectivity index (χ0v) is 9.89. The molecule has 3 rings (SSSR count). The van der Waals surface area contributed by atoms with Gasteiger partial charge in [-0.05, 0) is 19.1 Å². The number of thiophene rings is 1. The van der Waals surface area contributed by atoms with Gasteiger partial charge in [-0.3, -0.25) is 0 Å². The summed E-state index contributed by atoms with van der Waals surface area (Å²) in [6.45, 7) is 2.14. The molecule has 2 aliphatic rings. The Morgan fingerprint density at radius 3 is 2.94 bits per heavy atom. The number of esters is 1. The lowest BCUT2D eigenvalue weighted by Crippen LogP contribution is -2.44. The summed E-state index contributed by atoms with van der Waals surface area (Å²) in [5.74, 6) is -0.358. The van der Waals surface area contributed by atoms with Gasteiger partial charge < -0.3 is 15.4 Å². The molecular weight excluding hydrogens is 240 g/mol. The molecule has 1 aromatic heterocycles. The molecule has 0 saturated carbocycles. The number of ether oxygens (including phenoxy) is 1. The Morgan fingerprint density at radius 2 is 2.24 bits per heavy atom. The van der Waals surface area contributed by atoms with E-state index in [-0.39, 0.29) is 24.6 Å². The molecule has 0 aromatic carbocycles. The van der Waals surface area contributed by atoms with E-state index in [1.807, 2.05) is 19.1 Å². The maximum atomic E-state index is 11.6. The Bertz CT molecular complexity index is 547. The van der Waals surface area contributed by atoms with Crippen molar-refractivity contribution in [1.82, 2.24) is 10.6 Å². The number of carbonyl (C=O) groups excluding carboxylic acids is 2. The van der Waals surface area contributed by atoms with Crippen molar-refractivity contribution in [1.29, 1.82) is 0 Å². The molecule has 6 heteroatoms.